The van der Waals surface area contributed by atoms with Crippen molar-refractivity contribution in [1.29, 1.82) is 0 Å². The molecular weight excluding hydrogens is 222 g/mol. The highest BCUT2D eigenvalue weighted by molar-refractivity contribution is 5.75. The summed E-state index contributed by atoms with van der Waals surface area (Å²) in [4.78, 5) is 4.61. The summed E-state index contributed by atoms with van der Waals surface area (Å²) >= 11 is 0. The SMILES string of the molecule is Cc1nc2ccccc2n1CCCC1CCCN1. The molecule has 3 nitrogen and oxygen atoms in total. The molecule has 96 valence electrons. The van der Waals surface area contributed by atoms with E-state index in [4.69, 9.17) is 0 Å². The van der Waals surface area contributed by atoms with Gasteiger partial charge in [-0.05, 0) is 51.3 Å². The quantitative estimate of drug-likeness (QED) is 0.895. The van der Waals surface area contributed by atoms with E-state index in [0.717, 1.165) is 23.9 Å². The van der Waals surface area contributed by atoms with Crippen molar-refractivity contribution in [3.63, 3.8) is 0 Å². The first-order chi connectivity index (χ1) is 8.84. The summed E-state index contributed by atoms with van der Waals surface area (Å²) in [6, 6.07) is 9.17. The molecule has 18 heavy (non-hydrogen) atoms. The predicted molar refractivity (Wildman–Crippen MR) is 74.7 cm³/mol. The monoisotopic (exact) mass is 243 g/mol. The summed E-state index contributed by atoms with van der Waals surface area (Å²) in [6.45, 7) is 4.40. The Bertz CT molecular complexity index is 524. The highest BCUT2D eigenvalue weighted by Crippen LogP contribution is 2.17. The number of aromatic nitrogens is 2. The third-order valence-electron chi connectivity index (χ3n) is 3.94. The Hall–Kier alpha value is -1.35. The minimum Gasteiger partial charge on any atom is -0.328 e. The lowest BCUT2D eigenvalue weighted by Gasteiger charge is -2.11. The lowest BCUT2D eigenvalue weighted by molar-refractivity contribution is 0.503. The number of hydrogen-bond donors (Lipinski definition) is 1. The second-order valence-corrected chi connectivity index (χ2v) is 5.23. The van der Waals surface area contributed by atoms with Crippen LogP contribution in [-0.4, -0.2) is 22.1 Å². The van der Waals surface area contributed by atoms with Crippen molar-refractivity contribution in [3.05, 3.63) is 30.1 Å². The van der Waals surface area contributed by atoms with E-state index in [1.54, 1.807) is 0 Å². The van der Waals surface area contributed by atoms with E-state index in [9.17, 15) is 0 Å². The minimum atomic E-state index is 0.750. The number of nitrogens with one attached hydrogen (secondary N) is 1. The van der Waals surface area contributed by atoms with Crippen LogP contribution >= 0.6 is 0 Å². The molecular formula is C15H21N3. The molecule has 2 aromatic rings. The molecule has 0 bridgehead atoms. The molecule has 1 unspecified atom stereocenters. The van der Waals surface area contributed by atoms with Crippen molar-refractivity contribution >= 4 is 11.0 Å². The number of imidazole rings is 1. The zero-order valence-electron chi connectivity index (χ0n) is 11.0. The Kier molecular flexibility index (Phi) is 3.33. The van der Waals surface area contributed by atoms with Crippen LogP contribution in [0.25, 0.3) is 11.0 Å². The van der Waals surface area contributed by atoms with Crippen LogP contribution in [0.4, 0.5) is 0 Å². The summed E-state index contributed by atoms with van der Waals surface area (Å²) in [6.07, 6.45) is 5.21. The molecule has 0 amide bonds. The van der Waals surface area contributed by atoms with Crippen molar-refractivity contribution in [2.24, 2.45) is 0 Å². The summed E-state index contributed by atoms with van der Waals surface area (Å²) in [5.41, 5.74) is 2.39. The van der Waals surface area contributed by atoms with E-state index in [1.165, 1.54) is 37.7 Å². The van der Waals surface area contributed by atoms with Gasteiger partial charge in [0.2, 0.25) is 0 Å². The fourth-order valence-corrected chi connectivity index (χ4v) is 2.98. The van der Waals surface area contributed by atoms with Crippen LogP contribution in [0.3, 0.4) is 0 Å². The Morgan fingerprint density at radius 1 is 1.39 bits per heavy atom. The summed E-state index contributed by atoms with van der Waals surface area (Å²) in [5.74, 6) is 1.13. The van der Waals surface area contributed by atoms with Crippen molar-refractivity contribution in [2.75, 3.05) is 6.54 Å². The number of rotatable bonds is 4. The van der Waals surface area contributed by atoms with Gasteiger partial charge in [-0.2, -0.15) is 0 Å². The first-order valence-electron chi connectivity index (χ1n) is 7.00. The molecule has 0 spiro atoms. The third-order valence-corrected chi connectivity index (χ3v) is 3.94. The van der Waals surface area contributed by atoms with Crippen LogP contribution in [0.5, 0.6) is 0 Å². The van der Waals surface area contributed by atoms with Gasteiger partial charge < -0.3 is 9.88 Å². The maximum atomic E-state index is 4.61. The largest absolute Gasteiger partial charge is 0.328 e. The molecule has 1 atom stereocenters. The van der Waals surface area contributed by atoms with Gasteiger partial charge >= 0.3 is 0 Å². The number of hydrogen-bond acceptors (Lipinski definition) is 2. The third kappa shape index (κ3) is 2.27. The lowest BCUT2D eigenvalue weighted by Crippen LogP contribution is -2.21. The predicted octanol–water partition coefficient (Wildman–Crippen LogP) is 2.88. The summed E-state index contributed by atoms with van der Waals surface area (Å²) < 4.78 is 2.35. The van der Waals surface area contributed by atoms with Crippen molar-refractivity contribution in [2.45, 2.75) is 45.2 Å². The normalized spacial score (nSPS) is 19.7. The Morgan fingerprint density at radius 2 is 2.28 bits per heavy atom. The van der Waals surface area contributed by atoms with Gasteiger partial charge in [0.25, 0.3) is 0 Å². The number of para-hydroxylation sites is 2. The molecule has 2 heterocycles. The smallest absolute Gasteiger partial charge is 0.106 e. The fourth-order valence-electron chi connectivity index (χ4n) is 2.98. The van der Waals surface area contributed by atoms with E-state index in [0.29, 0.717) is 0 Å². The summed E-state index contributed by atoms with van der Waals surface area (Å²) in [7, 11) is 0. The molecule has 1 aliphatic rings. The molecule has 3 heteroatoms. The van der Waals surface area contributed by atoms with Crippen LogP contribution in [0.2, 0.25) is 0 Å². The molecule has 1 fully saturated rings. The zero-order valence-corrected chi connectivity index (χ0v) is 11.0. The Morgan fingerprint density at radius 3 is 3.11 bits per heavy atom. The van der Waals surface area contributed by atoms with Gasteiger partial charge in [0.1, 0.15) is 5.82 Å². The van der Waals surface area contributed by atoms with Crippen LogP contribution in [0.1, 0.15) is 31.5 Å². The van der Waals surface area contributed by atoms with E-state index < -0.39 is 0 Å². The lowest BCUT2D eigenvalue weighted by atomic mass is 10.1. The van der Waals surface area contributed by atoms with Gasteiger partial charge in [0, 0.05) is 12.6 Å². The highest BCUT2D eigenvalue weighted by Gasteiger charge is 2.13. The van der Waals surface area contributed by atoms with E-state index in [1.807, 2.05) is 0 Å². The van der Waals surface area contributed by atoms with Gasteiger partial charge in [0.05, 0.1) is 11.0 Å². The molecule has 3 rings (SSSR count). The second-order valence-electron chi connectivity index (χ2n) is 5.23. The average molecular weight is 243 g/mol. The van der Waals surface area contributed by atoms with Gasteiger partial charge in [0.15, 0.2) is 0 Å². The van der Waals surface area contributed by atoms with E-state index >= 15 is 0 Å². The molecule has 1 aliphatic heterocycles. The van der Waals surface area contributed by atoms with Crippen molar-refractivity contribution in [1.82, 2.24) is 14.9 Å². The van der Waals surface area contributed by atoms with Gasteiger partial charge in [-0.15, -0.1) is 0 Å². The number of nitrogens with zero attached hydrogens (tertiary/aromatic N) is 2. The van der Waals surface area contributed by atoms with Gasteiger partial charge in [-0.1, -0.05) is 12.1 Å². The van der Waals surface area contributed by atoms with Crippen molar-refractivity contribution < 1.29 is 0 Å². The maximum absolute atomic E-state index is 4.61. The molecule has 1 aromatic carbocycles. The number of aryl methyl sites for hydroxylation is 2. The highest BCUT2D eigenvalue weighted by atomic mass is 15.1. The van der Waals surface area contributed by atoms with Gasteiger partial charge in [-0.3, -0.25) is 0 Å². The van der Waals surface area contributed by atoms with Crippen LogP contribution < -0.4 is 5.32 Å². The van der Waals surface area contributed by atoms with Crippen LogP contribution in [0.15, 0.2) is 24.3 Å². The molecule has 1 N–H and O–H groups in total. The number of fused-ring (bicyclic) bond motifs is 1. The standard InChI is InChI=1S/C15H21N3/c1-12-17-14-8-2-3-9-15(14)18(12)11-5-7-13-6-4-10-16-13/h2-3,8-9,13,16H,4-7,10-11H2,1H3. The molecule has 0 radical (unpaired) electrons. The van der Waals surface area contributed by atoms with Gasteiger partial charge in [-0.25, -0.2) is 4.98 Å². The van der Waals surface area contributed by atoms with Crippen LogP contribution in [0, 0.1) is 6.92 Å². The summed E-state index contributed by atoms with van der Waals surface area (Å²) in [5, 5.41) is 3.56. The Labute approximate surface area is 108 Å². The zero-order chi connectivity index (χ0) is 12.4. The first-order valence-corrected chi connectivity index (χ1v) is 7.00. The molecule has 0 aliphatic carbocycles. The average Bonchev–Trinajstić information content (AvgIpc) is 2.98. The van der Waals surface area contributed by atoms with E-state index in [-0.39, 0.29) is 0 Å². The fraction of sp³-hybridized carbons (Fsp3) is 0.533. The minimum absolute atomic E-state index is 0.750. The van der Waals surface area contributed by atoms with Crippen LogP contribution in [-0.2, 0) is 6.54 Å². The molecule has 0 saturated carbocycles. The second kappa shape index (κ2) is 5.11. The topological polar surface area (TPSA) is 29.9 Å². The van der Waals surface area contributed by atoms with E-state index in [2.05, 4.69) is 46.1 Å². The molecule has 1 aromatic heterocycles. The first kappa shape index (κ1) is 11.7. The van der Waals surface area contributed by atoms with Crippen molar-refractivity contribution in [3.8, 4) is 0 Å². The molecule has 1 saturated heterocycles. The maximum Gasteiger partial charge on any atom is 0.106 e. The Balaban J connectivity index is 1.68. The number of benzene rings is 1.